The van der Waals surface area contributed by atoms with Gasteiger partial charge in [-0.25, -0.2) is 4.98 Å². The fourth-order valence-electron chi connectivity index (χ4n) is 5.94. The van der Waals surface area contributed by atoms with E-state index < -0.39 is 5.79 Å². The van der Waals surface area contributed by atoms with Crippen molar-refractivity contribution in [3.05, 3.63) is 70.9 Å². The Hall–Kier alpha value is -4.13. The summed E-state index contributed by atoms with van der Waals surface area (Å²) in [5.41, 5.74) is 4.28. The smallest absolute Gasteiger partial charge is 0.292 e. The third-order valence-electron chi connectivity index (χ3n) is 8.33. The number of nitrogens with zero attached hydrogens (tertiary/aromatic N) is 8. The zero-order valence-corrected chi connectivity index (χ0v) is 25.0. The third kappa shape index (κ3) is 5.30. The van der Waals surface area contributed by atoms with E-state index in [9.17, 15) is 0 Å². The molecule has 222 valence electrons. The molecule has 1 aromatic carbocycles. The fourth-order valence-corrected chi connectivity index (χ4v) is 6.05. The number of hydrogen-bond acceptors (Lipinski definition) is 10. The minimum Gasteiger partial charge on any atom is -0.443 e. The normalized spacial score (nSPS) is 19.7. The number of rotatable bonds is 8. The number of tetrazole rings is 1. The lowest BCUT2D eigenvalue weighted by Crippen LogP contribution is -2.34. The van der Waals surface area contributed by atoms with Crippen molar-refractivity contribution in [1.82, 2.24) is 45.0 Å². The Morgan fingerprint density at radius 1 is 1.14 bits per heavy atom. The number of para-hydroxylation sites is 1. The van der Waals surface area contributed by atoms with Gasteiger partial charge in [-0.3, -0.25) is 14.9 Å². The molecule has 2 aliphatic rings. The number of likely N-dealkylation sites (tertiary alicyclic amines) is 1. The van der Waals surface area contributed by atoms with Gasteiger partial charge in [-0.1, -0.05) is 23.7 Å². The van der Waals surface area contributed by atoms with Crippen molar-refractivity contribution in [2.75, 3.05) is 20.2 Å². The summed E-state index contributed by atoms with van der Waals surface area (Å²) in [4.78, 5) is 16.5. The molecule has 0 aliphatic carbocycles. The van der Waals surface area contributed by atoms with E-state index in [1.807, 2.05) is 37.4 Å². The second-order valence-corrected chi connectivity index (χ2v) is 11.7. The quantitative estimate of drug-likeness (QED) is 0.267. The topological polar surface area (TPSA) is 129 Å². The van der Waals surface area contributed by atoms with Crippen LogP contribution < -0.4 is 9.47 Å². The molecule has 0 amide bonds. The summed E-state index contributed by atoms with van der Waals surface area (Å²) < 4.78 is 20.6. The lowest BCUT2D eigenvalue weighted by molar-refractivity contribution is -0.0722. The summed E-state index contributed by atoms with van der Waals surface area (Å²) in [5, 5.41) is 14.8. The second kappa shape index (κ2) is 11.2. The van der Waals surface area contributed by atoms with E-state index in [0.717, 1.165) is 60.8 Å². The number of fused-ring (bicyclic) bond motifs is 2. The van der Waals surface area contributed by atoms with Crippen molar-refractivity contribution in [3.8, 4) is 23.0 Å². The standard InChI is InChI=1S/C30H32ClN9O3/c1-18(41-3)16-40-24-15-32-23(29-35-37-38-36-29)13-22(24)34-27(40)17-39-11-9-19(10-12-39)21-5-4-6-25-28(21)43-30(2,42-25)26-8-7-20(31)14-33-26/h4-8,13-15,18-19H,9-12,16-17H2,1-3H3,(H,35,36,37,38)/t18-,30+/m1/s1. The molecule has 0 saturated carbocycles. The van der Waals surface area contributed by atoms with Gasteiger partial charge in [0, 0.05) is 25.8 Å². The van der Waals surface area contributed by atoms with Crippen molar-refractivity contribution in [2.24, 2.45) is 0 Å². The number of benzene rings is 1. The van der Waals surface area contributed by atoms with Crippen LogP contribution in [0.15, 0.2) is 48.8 Å². The van der Waals surface area contributed by atoms with Crippen LogP contribution in [0.3, 0.4) is 0 Å². The molecule has 13 heteroatoms. The summed E-state index contributed by atoms with van der Waals surface area (Å²) in [7, 11) is 1.73. The first-order valence-electron chi connectivity index (χ1n) is 14.4. The van der Waals surface area contributed by atoms with Crippen LogP contribution in [-0.4, -0.2) is 71.3 Å². The van der Waals surface area contributed by atoms with Crippen LogP contribution in [0.25, 0.3) is 22.6 Å². The van der Waals surface area contributed by atoms with Crippen LogP contribution in [0.1, 0.15) is 49.7 Å². The summed E-state index contributed by atoms with van der Waals surface area (Å²) in [6.45, 7) is 7.22. The Labute approximate surface area is 253 Å². The van der Waals surface area contributed by atoms with E-state index in [1.54, 1.807) is 19.4 Å². The second-order valence-electron chi connectivity index (χ2n) is 11.2. The Bertz CT molecular complexity index is 1740. The predicted molar refractivity (Wildman–Crippen MR) is 159 cm³/mol. The number of halogens is 1. The first-order chi connectivity index (χ1) is 20.9. The number of methoxy groups -OCH3 is 1. The van der Waals surface area contributed by atoms with Gasteiger partial charge in [-0.2, -0.15) is 5.21 Å². The first kappa shape index (κ1) is 27.7. The highest BCUT2D eigenvalue weighted by molar-refractivity contribution is 6.30. The maximum Gasteiger partial charge on any atom is 0.292 e. The van der Waals surface area contributed by atoms with E-state index in [4.69, 9.17) is 30.8 Å². The van der Waals surface area contributed by atoms with E-state index in [2.05, 4.69) is 53.0 Å². The van der Waals surface area contributed by atoms with Crippen molar-refractivity contribution in [1.29, 1.82) is 0 Å². The van der Waals surface area contributed by atoms with E-state index in [0.29, 0.717) is 34.7 Å². The zero-order valence-electron chi connectivity index (χ0n) is 24.2. The lowest BCUT2D eigenvalue weighted by atomic mass is 9.88. The molecule has 5 aromatic rings. The van der Waals surface area contributed by atoms with Crippen molar-refractivity contribution < 1.29 is 14.2 Å². The SMILES string of the molecule is CO[C@H](C)Cn1c(CN2CCC(c3cccc4c3O[C@@](C)(c3ccc(Cl)cn3)O4)CC2)nc2cc(-c3nn[nH]n3)ncc21. The van der Waals surface area contributed by atoms with Crippen LogP contribution in [-0.2, 0) is 23.6 Å². The molecular weight excluding hydrogens is 570 g/mol. The minimum absolute atomic E-state index is 0.0231. The van der Waals surface area contributed by atoms with Crippen molar-refractivity contribution >= 4 is 22.6 Å². The van der Waals surface area contributed by atoms with Gasteiger partial charge >= 0.3 is 0 Å². The lowest BCUT2D eigenvalue weighted by Gasteiger charge is -2.32. The van der Waals surface area contributed by atoms with Gasteiger partial charge in [0.15, 0.2) is 11.5 Å². The summed E-state index contributed by atoms with van der Waals surface area (Å²) >= 11 is 6.06. The molecule has 1 fully saturated rings. The predicted octanol–water partition coefficient (Wildman–Crippen LogP) is 4.72. The van der Waals surface area contributed by atoms with Gasteiger partial charge in [0.1, 0.15) is 17.2 Å². The molecule has 43 heavy (non-hydrogen) atoms. The molecule has 0 bridgehead atoms. The molecule has 1 saturated heterocycles. The molecule has 0 spiro atoms. The monoisotopic (exact) mass is 601 g/mol. The number of pyridine rings is 2. The van der Waals surface area contributed by atoms with Gasteiger partial charge in [0.05, 0.1) is 41.4 Å². The number of aromatic nitrogens is 8. The Kier molecular flexibility index (Phi) is 7.20. The number of hydrogen-bond donors (Lipinski definition) is 1. The number of ether oxygens (including phenoxy) is 3. The van der Waals surface area contributed by atoms with E-state index >= 15 is 0 Å². The maximum absolute atomic E-state index is 6.47. The van der Waals surface area contributed by atoms with Crippen molar-refractivity contribution in [3.63, 3.8) is 0 Å². The van der Waals surface area contributed by atoms with E-state index in [-0.39, 0.29) is 6.10 Å². The maximum atomic E-state index is 6.47. The number of nitrogens with one attached hydrogen (secondary N) is 1. The van der Waals surface area contributed by atoms with Crippen LogP contribution in [0.5, 0.6) is 11.5 Å². The molecule has 12 nitrogen and oxygen atoms in total. The van der Waals surface area contributed by atoms with Crippen LogP contribution in [0, 0.1) is 0 Å². The first-order valence-corrected chi connectivity index (χ1v) is 14.7. The average Bonchev–Trinajstić information content (AvgIpc) is 3.75. The Morgan fingerprint density at radius 3 is 2.74 bits per heavy atom. The molecular formula is C30H32ClN9O3. The minimum atomic E-state index is -0.999. The molecule has 0 unspecified atom stereocenters. The summed E-state index contributed by atoms with van der Waals surface area (Å²) in [5.74, 6) is 2.32. The highest BCUT2D eigenvalue weighted by Crippen LogP contribution is 2.49. The van der Waals surface area contributed by atoms with Crippen LogP contribution in [0.4, 0.5) is 0 Å². The number of imidazole rings is 1. The van der Waals surface area contributed by atoms with Gasteiger partial charge in [-0.15, -0.1) is 10.2 Å². The van der Waals surface area contributed by atoms with Crippen LogP contribution >= 0.6 is 11.6 Å². The Morgan fingerprint density at radius 2 is 2.00 bits per heavy atom. The Balaban J connectivity index is 1.08. The van der Waals surface area contributed by atoms with Gasteiger partial charge in [-0.05, 0) is 68.3 Å². The number of aromatic amines is 1. The molecule has 2 atom stereocenters. The molecule has 6 heterocycles. The zero-order chi connectivity index (χ0) is 29.6. The van der Waals surface area contributed by atoms with Gasteiger partial charge in [0.25, 0.3) is 5.79 Å². The van der Waals surface area contributed by atoms with Crippen molar-refractivity contribution in [2.45, 2.75) is 57.6 Å². The molecule has 4 aromatic heterocycles. The summed E-state index contributed by atoms with van der Waals surface area (Å²) in [6, 6.07) is 11.7. The highest BCUT2D eigenvalue weighted by atomic mass is 35.5. The molecule has 0 radical (unpaired) electrons. The highest BCUT2D eigenvalue weighted by Gasteiger charge is 2.42. The average molecular weight is 602 g/mol. The molecule has 7 rings (SSSR count). The summed E-state index contributed by atoms with van der Waals surface area (Å²) in [6.07, 6.45) is 5.46. The van der Waals surface area contributed by atoms with Crippen LogP contribution in [0.2, 0.25) is 5.02 Å². The molecule has 2 aliphatic heterocycles. The third-order valence-corrected chi connectivity index (χ3v) is 8.55. The number of H-pyrrole nitrogens is 1. The molecule has 1 N–H and O–H groups in total. The fraction of sp³-hybridized carbons (Fsp3) is 0.400. The number of piperidine rings is 1. The van der Waals surface area contributed by atoms with Gasteiger partial charge in [0.2, 0.25) is 5.82 Å². The van der Waals surface area contributed by atoms with Gasteiger partial charge < -0.3 is 18.8 Å². The van der Waals surface area contributed by atoms with E-state index in [1.165, 1.54) is 5.56 Å². The largest absolute Gasteiger partial charge is 0.443 e.